The first-order valence-electron chi connectivity index (χ1n) is 6.50. The SMILES string of the molecule is CCOc1cccc(C(=O)/C=C/c2cc(F)ccc2F)c1. The first kappa shape index (κ1) is 14.9. The molecule has 0 N–H and O–H groups in total. The lowest BCUT2D eigenvalue weighted by Crippen LogP contribution is -1.97. The van der Waals surface area contributed by atoms with Crippen LogP contribution >= 0.6 is 0 Å². The van der Waals surface area contributed by atoms with Gasteiger partial charge in [-0.15, -0.1) is 0 Å². The van der Waals surface area contributed by atoms with Crippen LogP contribution in [0, 0.1) is 11.6 Å². The fourth-order valence-corrected chi connectivity index (χ4v) is 1.81. The zero-order valence-electron chi connectivity index (χ0n) is 11.5. The summed E-state index contributed by atoms with van der Waals surface area (Å²) in [5, 5.41) is 0. The molecule has 0 aliphatic heterocycles. The van der Waals surface area contributed by atoms with E-state index < -0.39 is 11.6 Å². The smallest absolute Gasteiger partial charge is 0.185 e. The van der Waals surface area contributed by atoms with Gasteiger partial charge in [0.05, 0.1) is 6.61 Å². The molecule has 0 unspecified atom stereocenters. The fraction of sp³-hybridized carbons (Fsp3) is 0.118. The van der Waals surface area contributed by atoms with Crippen molar-refractivity contribution in [3.8, 4) is 5.75 Å². The van der Waals surface area contributed by atoms with Gasteiger partial charge in [-0.25, -0.2) is 8.78 Å². The van der Waals surface area contributed by atoms with Crippen LogP contribution in [0.4, 0.5) is 8.78 Å². The molecule has 0 bridgehead atoms. The van der Waals surface area contributed by atoms with Crippen LogP contribution in [0.15, 0.2) is 48.5 Å². The van der Waals surface area contributed by atoms with Crippen molar-refractivity contribution in [3.63, 3.8) is 0 Å². The Morgan fingerprint density at radius 3 is 2.76 bits per heavy atom. The number of hydrogen-bond acceptors (Lipinski definition) is 2. The number of rotatable bonds is 5. The highest BCUT2D eigenvalue weighted by Gasteiger charge is 2.05. The average molecular weight is 288 g/mol. The molecule has 0 atom stereocenters. The highest BCUT2D eigenvalue weighted by atomic mass is 19.1. The number of halogens is 2. The van der Waals surface area contributed by atoms with E-state index in [4.69, 9.17) is 4.74 Å². The zero-order chi connectivity index (χ0) is 15.2. The van der Waals surface area contributed by atoms with Gasteiger partial charge in [0.15, 0.2) is 5.78 Å². The fourth-order valence-electron chi connectivity index (χ4n) is 1.81. The molecular weight excluding hydrogens is 274 g/mol. The molecule has 4 heteroatoms. The Kier molecular flexibility index (Phi) is 4.82. The minimum Gasteiger partial charge on any atom is -0.494 e. The molecule has 0 aliphatic carbocycles. The topological polar surface area (TPSA) is 26.3 Å². The van der Waals surface area contributed by atoms with E-state index in [-0.39, 0.29) is 11.3 Å². The van der Waals surface area contributed by atoms with E-state index in [2.05, 4.69) is 0 Å². The van der Waals surface area contributed by atoms with Gasteiger partial charge in [0.2, 0.25) is 0 Å². The number of carbonyl (C=O) groups excluding carboxylic acids is 1. The number of hydrogen-bond donors (Lipinski definition) is 0. The van der Waals surface area contributed by atoms with Crippen LogP contribution in [0.5, 0.6) is 5.75 Å². The maximum absolute atomic E-state index is 13.4. The van der Waals surface area contributed by atoms with Gasteiger partial charge in [0, 0.05) is 11.1 Å². The monoisotopic (exact) mass is 288 g/mol. The van der Waals surface area contributed by atoms with Gasteiger partial charge in [-0.3, -0.25) is 4.79 Å². The Morgan fingerprint density at radius 2 is 2.00 bits per heavy atom. The van der Waals surface area contributed by atoms with Crippen LogP contribution in [-0.4, -0.2) is 12.4 Å². The molecule has 0 spiro atoms. The van der Waals surface area contributed by atoms with Crippen molar-refractivity contribution in [2.24, 2.45) is 0 Å². The van der Waals surface area contributed by atoms with Crippen molar-refractivity contribution in [1.29, 1.82) is 0 Å². The van der Waals surface area contributed by atoms with E-state index in [1.165, 1.54) is 12.2 Å². The Labute approximate surface area is 121 Å². The third-order valence-electron chi connectivity index (χ3n) is 2.80. The first-order valence-corrected chi connectivity index (χ1v) is 6.50. The largest absolute Gasteiger partial charge is 0.494 e. The van der Waals surface area contributed by atoms with Gasteiger partial charge < -0.3 is 4.74 Å². The van der Waals surface area contributed by atoms with Gasteiger partial charge >= 0.3 is 0 Å². The Morgan fingerprint density at radius 1 is 1.19 bits per heavy atom. The molecule has 0 saturated heterocycles. The maximum Gasteiger partial charge on any atom is 0.185 e. The molecule has 108 valence electrons. The molecule has 2 rings (SSSR count). The second-order valence-electron chi connectivity index (χ2n) is 4.32. The number of allylic oxidation sites excluding steroid dienone is 1. The average Bonchev–Trinajstić information content (AvgIpc) is 2.48. The first-order chi connectivity index (χ1) is 10.1. The number of carbonyl (C=O) groups is 1. The normalized spacial score (nSPS) is 10.8. The van der Waals surface area contributed by atoms with Gasteiger partial charge in [0.1, 0.15) is 17.4 Å². The molecule has 0 heterocycles. The molecule has 0 radical (unpaired) electrons. The standard InChI is InChI=1S/C17H14F2O2/c1-2-21-15-5-3-4-13(11-15)17(20)9-6-12-10-14(18)7-8-16(12)19/h3-11H,2H2,1H3/b9-6+. The molecule has 2 aromatic rings. The number of benzene rings is 2. The molecule has 2 aromatic carbocycles. The minimum atomic E-state index is -0.580. The molecule has 2 nitrogen and oxygen atoms in total. The highest BCUT2D eigenvalue weighted by Crippen LogP contribution is 2.16. The van der Waals surface area contributed by atoms with E-state index in [1.54, 1.807) is 24.3 Å². The predicted octanol–water partition coefficient (Wildman–Crippen LogP) is 4.26. The number of ketones is 1. The second-order valence-corrected chi connectivity index (χ2v) is 4.32. The second kappa shape index (κ2) is 6.79. The van der Waals surface area contributed by atoms with Crippen LogP contribution in [-0.2, 0) is 0 Å². The lowest BCUT2D eigenvalue weighted by molar-refractivity contribution is 0.104. The predicted molar refractivity (Wildman–Crippen MR) is 77.3 cm³/mol. The summed E-state index contributed by atoms with van der Waals surface area (Å²) in [5.74, 6) is -0.848. The highest BCUT2D eigenvalue weighted by molar-refractivity contribution is 6.07. The molecule has 0 aromatic heterocycles. The summed E-state index contributed by atoms with van der Waals surface area (Å²) in [7, 11) is 0. The number of ether oxygens (including phenoxy) is 1. The Bertz CT molecular complexity index is 678. The summed E-state index contributed by atoms with van der Waals surface area (Å²) >= 11 is 0. The van der Waals surface area contributed by atoms with Crippen molar-refractivity contribution < 1.29 is 18.3 Å². The van der Waals surface area contributed by atoms with Crippen LogP contribution in [0.3, 0.4) is 0 Å². The van der Waals surface area contributed by atoms with Gasteiger partial charge in [-0.1, -0.05) is 12.1 Å². The van der Waals surface area contributed by atoms with Crippen LogP contribution in [0.1, 0.15) is 22.8 Å². The summed E-state index contributed by atoms with van der Waals surface area (Å²) in [6.07, 6.45) is 2.47. The Balaban J connectivity index is 2.19. The van der Waals surface area contributed by atoms with Crippen molar-refractivity contribution in [2.75, 3.05) is 6.61 Å². The third kappa shape index (κ3) is 3.99. The molecular formula is C17H14F2O2. The summed E-state index contributed by atoms with van der Waals surface area (Å²) in [6.45, 7) is 2.35. The Hall–Kier alpha value is -2.49. The van der Waals surface area contributed by atoms with Gasteiger partial charge in [0.25, 0.3) is 0 Å². The van der Waals surface area contributed by atoms with Crippen LogP contribution < -0.4 is 4.74 Å². The van der Waals surface area contributed by atoms with E-state index in [1.807, 2.05) is 6.92 Å². The maximum atomic E-state index is 13.4. The lowest BCUT2D eigenvalue weighted by atomic mass is 10.1. The molecule has 0 fully saturated rings. The van der Waals surface area contributed by atoms with Crippen LogP contribution in [0.25, 0.3) is 6.08 Å². The molecule has 21 heavy (non-hydrogen) atoms. The summed E-state index contributed by atoms with van der Waals surface area (Å²) in [4.78, 5) is 12.0. The summed E-state index contributed by atoms with van der Waals surface area (Å²) < 4.78 is 31.8. The van der Waals surface area contributed by atoms with Gasteiger partial charge in [-0.2, -0.15) is 0 Å². The van der Waals surface area contributed by atoms with E-state index in [0.29, 0.717) is 17.9 Å². The quantitative estimate of drug-likeness (QED) is 0.607. The third-order valence-corrected chi connectivity index (χ3v) is 2.80. The van der Waals surface area contributed by atoms with E-state index in [9.17, 15) is 13.6 Å². The lowest BCUT2D eigenvalue weighted by Gasteiger charge is -2.03. The van der Waals surface area contributed by atoms with Crippen molar-refractivity contribution in [3.05, 3.63) is 71.3 Å². The molecule has 0 aliphatic rings. The molecule has 0 saturated carbocycles. The summed E-state index contributed by atoms with van der Waals surface area (Å²) in [6, 6.07) is 9.78. The zero-order valence-corrected chi connectivity index (χ0v) is 11.5. The van der Waals surface area contributed by atoms with Crippen molar-refractivity contribution in [2.45, 2.75) is 6.92 Å². The van der Waals surface area contributed by atoms with Crippen LogP contribution in [0.2, 0.25) is 0 Å². The minimum absolute atomic E-state index is 0.0318. The van der Waals surface area contributed by atoms with E-state index in [0.717, 1.165) is 18.2 Å². The van der Waals surface area contributed by atoms with Crippen molar-refractivity contribution >= 4 is 11.9 Å². The summed E-state index contributed by atoms with van der Waals surface area (Å²) in [5.41, 5.74) is 0.457. The van der Waals surface area contributed by atoms with Crippen molar-refractivity contribution in [1.82, 2.24) is 0 Å². The van der Waals surface area contributed by atoms with Gasteiger partial charge in [-0.05, 0) is 49.4 Å². The molecule has 0 amide bonds. The van der Waals surface area contributed by atoms with E-state index >= 15 is 0 Å².